The summed E-state index contributed by atoms with van der Waals surface area (Å²) in [5, 5.41) is 7.98. The molecule has 1 saturated heterocycles. The molecule has 2 unspecified atom stereocenters. The van der Waals surface area contributed by atoms with Gasteiger partial charge in [-0.25, -0.2) is 0 Å². The number of carbonyl (C=O) groups is 1. The lowest BCUT2D eigenvalue weighted by atomic mass is 9.92. The van der Waals surface area contributed by atoms with Crippen LogP contribution in [0.2, 0.25) is 5.02 Å². The Morgan fingerprint density at radius 3 is 3.04 bits per heavy atom. The van der Waals surface area contributed by atoms with Crippen molar-refractivity contribution in [2.24, 2.45) is 0 Å². The van der Waals surface area contributed by atoms with Crippen molar-refractivity contribution in [1.82, 2.24) is 15.1 Å². The molecule has 1 aromatic carbocycles. The zero-order valence-electron chi connectivity index (χ0n) is 15.6. The standard InChI is InChI=1S/C20H26ClN3O2/c1-4-15-11-22-23-19(15)16-6-5-9-24(12-16)20(25)14(3)26-18-8-7-17(21)10-13(18)2/h7-8,10-11,14,16H,4-6,9,12H2,1-3H3,(H,22,23). The number of rotatable bonds is 5. The number of carbonyl (C=O) groups excluding carboxylic acids is 1. The predicted molar refractivity (Wildman–Crippen MR) is 103 cm³/mol. The van der Waals surface area contributed by atoms with Gasteiger partial charge in [-0.15, -0.1) is 0 Å². The van der Waals surface area contributed by atoms with Crippen LogP contribution in [0.3, 0.4) is 0 Å². The van der Waals surface area contributed by atoms with Gasteiger partial charge in [-0.1, -0.05) is 18.5 Å². The molecule has 0 radical (unpaired) electrons. The zero-order chi connectivity index (χ0) is 18.7. The Hall–Kier alpha value is -2.01. The Labute approximate surface area is 159 Å². The molecule has 26 heavy (non-hydrogen) atoms. The molecule has 1 amide bonds. The minimum Gasteiger partial charge on any atom is -0.481 e. The first-order chi connectivity index (χ1) is 12.5. The fraction of sp³-hybridized carbons (Fsp3) is 0.500. The van der Waals surface area contributed by atoms with Gasteiger partial charge in [0.1, 0.15) is 5.75 Å². The maximum Gasteiger partial charge on any atom is 0.263 e. The van der Waals surface area contributed by atoms with Crippen molar-refractivity contribution in [3.05, 3.63) is 46.2 Å². The fourth-order valence-corrected chi connectivity index (χ4v) is 3.84. The van der Waals surface area contributed by atoms with E-state index < -0.39 is 6.10 Å². The molecule has 1 fully saturated rings. The maximum atomic E-state index is 12.9. The second-order valence-corrected chi connectivity index (χ2v) is 7.39. The van der Waals surface area contributed by atoms with Crippen LogP contribution in [0.25, 0.3) is 0 Å². The molecule has 1 aliphatic heterocycles. The highest BCUT2D eigenvalue weighted by atomic mass is 35.5. The van der Waals surface area contributed by atoms with Gasteiger partial charge in [-0.2, -0.15) is 5.10 Å². The first-order valence-electron chi connectivity index (χ1n) is 9.23. The van der Waals surface area contributed by atoms with Gasteiger partial charge >= 0.3 is 0 Å². The van der Waals surface area contributed by atoms with E-state index in [1.165, 1.54) is 11.3 Å². The summed E-state index contributed by atoms with van der Waals surface area (Å²) in [6.45, 7) is 7.36. The Kier molecular flexibility index (Phi) is 5.87. The number of nitrogens with zero attached hydrogens (tertiary/aromatic N) is 2. The molecule has 140 valence electrons. The van der Waals surface area contributed by atoms with Crippen molar-refractivity contribution in [3.8, 4) is 5.75 Å². The highest BCUT2D eigenvalue weighted by Gasteiger charge is 2.30. The van der Waals surface area contributed by atoms with E-state index in [4.69, 9.17) is 16.3 Å². The number of nitrogens with one attached hydrogen (secondary N) is 1. The van der Waals surface area contributed by atoms with E-state index in [9.17, 15) is 4.79 Å². The number of piperidine rings is 1. The molecule has 1 aromatic heterocycles. The van der Waals surface area contributed by atoms with E-state index >= 15 is 0 Å². The SMILES string of the molecule is CCc1cn[nH]c1C1CCCN(C(=O)C(C)Oc2ccc(Cl)cc2C)C1. The number of hydrogen-bond acceptors (Lipinski definition) is 3. The van der Waals surface area contributed by atoms with Crippen LogP contribution in [0.1, 0.15) is 49.4 Å². The molecule has 0 saturated carbocycles. The van der Waals surface area contributed by atoms with Crippen molar-refractivity contribution in [1.29, 1.82) is 0 Å². The number of aromatic nitrogens is 2. The van der Waals surface area contributed by atoms with Gasteiger partial charge in [0.25, 0.3) is 5.91 Å². The van der Waals surface area contributed by atoms with Crippen molar-refractivity contribution >= 4 is 17.5 Å². The molecule has 0 aliphatic carbocycles. The van der Waals surface area contributed by atoms with Crippen molar-refractivity contribution in [3.63, 3.8) is 0 Å². The number of hydrogen-bond donors (Lipinski definition) is 1. The lowest BCUT2D eigenvalue weighted by Crippen LogP contribution is -2.45. The summed E-state index contributed by atoms with van der Waals surface area (Å²) < 4.78 is 5.92. The quantitative estimate of drug-likeness (QED) is 0.855. The molecule has 1 N–H and O–H groups in total. The third-order valence-electron chi connectivity index (χ3n) is 5.06. The molecule has 1 aliphatic rings. The molecular weight excluding hydrogens is 350 g/mol. The minimum absolute atomic E-state index is 0.0293. The first kappa shape index (κ1) is 18.8. The summed E-state index contributed by atoms with van der Waals surface area (Å²) in [6.07, 6.45) is 4.38. The third kappa shape index (κ3) is 4.04. The highest BCUT2D eigenvalue weighted by molar-refractivity contribution is 6.30. The van der Waals surface area contributed by atoms with Crippen LogP contribution >= 0.6 is 11.6 Å². The molecule has 0 spiro atoms. The number of H-pyrrole nitrogens is 1. The number of aromatic amines is 1. The second kappa shape index (κ2) is 8.12. The van der Waals surface area contributed by atoms with E-state index in [1.807, 2.05) is 37.1 Å². The van der Waals surface area contributed by atoms with Crippen LogP contribution in [0.4, 0.5) is 0 Å². The number of aryl methyl sites for hydroxylation is 2. The van der Waals surface area contributed by atoms with Crippen LogP contribution in [0.15, 0.2) is 24.4 Å². The number of likely N-dealkylation sites (tertiary alicyclic amines) is 1. The lowest BCUT2D eigenvalue weighted by Gasteiger charge is -2.34. The molecule has 2 atom stereocenters. The van der Waals surface area contributed by atoms with Gasteiger partial charge in [0.2, 0.25) is 0 Å². The van der Waals surface area contributed by atoms with Gasteiger partial charge in [-0.3, -0.25) is 9.89 Å². The van der Waals surface area contributed by atoms with E-state index in [0.29, 0.717) is 23.2 Å². The Bertz CT molecular complexity index is 774. The van der Waals surface area contributed by atoms with E-state index in [2.05, 4.69) is 17.1 Å². The average molecular weight is 376 g/mol. The summed E-state index contributed by atoms with van der Waals surface area (Å²) in [4.78, 5) is 14.8. The molecular formula is C20H26ClN3O2. The second-order valence-electron chi connectivity index (χ2n) is 6.96. The predicted octanol–water partition coefficient (Wildman–Crippen LogP) is 4.11. The van der Waals surface area contributed by atoms with E-state index in [-0.39, 0.29) is 5.91 Å². The summed E-state index contributed by atoms with van der Waals surface area (Å²) in [7, 11) is 0. The van der Waals surface area contributed by atoms with Crippen LogP contribution in [0, 0.1) is 6.92 Å². The Balaban J connectivity index is 1.66. The fourth-order valence-electron chi connectivity index (χ4n) is 3.61. The Morgan fingerprint density at radius 1 is 1.50 bits per heavy atom. The normalized spacial score (nSPS) is 18.6. The smallest absolute Gasteiger partial charge is 0.263 e. The Morgan fingerprint density at radius 2 is 2.31 bits per heavy atom. The zero-order valence-corrected chi connectivity index (χ0v) is 16.3. The number of benzene rings is 1. The summed E-state index contributed by atoms with van der Waals surface area (Å²) in [5.41, 5.74) is 3.34. The van der Waals surface area contributed by atoms with E-state index in [0.717, 1.165) is 31.4 Å². The number of amides is 1. The number of halogens is 1. The number of ether oxygens (including phenoxy) is 1. The third-order valence-corrected chi connectivity index (χ3v) is 5.30. The molecule has 6 heteroatoms. The lowest BCUT2D eigenvalue weighted by molar-refractivity contribution is -0.139. The summed E-state index contributed by atoms with van der Waals surface area (Å²) in [6, 6.07) is 5.44. The van der Waals surface area contributed by atoms with Gasteiger partial charge < -0.3 is 9.64 Å². The van der Waals surface area contributed by atoms with Gasteiger partial charge in [-0.05, 0) is 62.4 Å². The molecule has 2 heterocycles. The molecule has 5 nitrogen and oxygen atoms in total. The van der Waals surface area contributed by atoms with Crippen LogP contribution in [-0.4, -0.2) is 40.2 Å². The van der Waals surface area contributed by atoms with Crippen LogP contribution in [-0.2, 0) is 11.2 Å². The monoisotopic (exact) mass is 375 g/mol. The summed E-state index contributed by atoms with van der Waals surface area (Å²) in [5.74, 6) is 1.04. The topological polar surface area (TPSA) is 58.2 Å². The molecule has 0 bridgehead atoms. The first-order valence-corrected chi connectivity index (χ1v) is 9.61. The minimum atomic E-state index is -0.527. The van der Waals surface area contributed by atoms with Crippen molar-refractivity contribution in [2.45, 2.75) is 52.1 Å². The summed E-state index contributed by atoms with van der Waals surface area (Å²) >= 11 is 5.99. The van der Waals surface area contributed by atoms with Crippen molar-refractivity contribution in [2.75, 3.05) is 13.1 Å². The molecule has 2 aromatic rings. The van der Waals surface area contributed by atoms with Gasteiger partial charge in [0.15, 0.2) is 6.10 Å². The van der Waals surface area contributed by atoms with Crippen LogP contribution < -0.4 is 4.74 Å². The van der Waals surface area contributed by atoms with Gasteiger partial charge in [0, 0.05) is 29.7 Å². The van der Waals surface area contributed by atoms with Crippen LogP contribution in [0.5, 0.6) is 5.75 Å². The highest BCUT2D eigenvalue weighted by Crippen LogP contribution is 2.29. The van der Waals surface area contributed by atoms with E-state index in [1.54, 1.807) is 6.07 Å². The van der Waals surface area contributed by atoms with Crippen molar-refractivity contribution < 1.29 is 9.53 Å². The average Bonchev–Trinajstić information content (AvgIpc) is 3.12. The largest absolute Gasteiger partial charge is 0.481 e. The maximum absolute atomic E-state index is 12.9. The molecule has 3 rings (SSSR count). The van der Waals surface area contributed by atoms with Gasteiger partial charge in [0.05, 0.1) is 6.20 Å².